The maximum absolute atomic E-state index is 11.7. The van der Waals surface area contributed by atoms with Crippen LogP contribution in [-0.4, -0.2) is 43.7 Å². The van der Waals surface area contributed by atoms with Gasteiger partial charge in [0.2, 0.25) is 0 Å². The van der Waals surface area contributed by atoms with Crippen molar-refractivity contribution in [3.63, 3.8) is 0 Å². The van der Waals surface area contributed by atoms with Gasteiger partial charge in [-0.3, -0.25) is 0 Å². The Balaban J connectivity index is 2.02. The maximum Gasteiger partial charge on any atom is 0.411 e. The fraction of sp³-hybridized carbons (Fsp3) is 1.00. The summed E-state index contributed by atoms with van der Waals surface area (Å²) in [7, 11) is 0. The number of hydrogen-bond acceptors (Lipinski definition) is 3. The second-order valence-electron chi connectivity index (χ2n) is 4.13. The normalized spacial score (nSPS) is 27.0. The summed E-state index contributed by atoms with van der Waals surface area (Å²) in [5.74, 6) is 0.142. The second kappa shape index (κ2) is 6.42. The molecular weight excluding hydrogens is 223 g/mol. The van der Waals surface area contributed by atoms with Crippen molar-refractivity contribution in [2.24, 2.45) is 5.92 Å². The molecule has 0 amide bonds. The molecule has 0 aromatic heterocycles. The van der Waals surface area contributed by atoms with Crippen molar-refractivity contribution in [3.8, 4) is 0 Å². The van der Waals surface area contributed by atoms with E-state index in [4.69, 9.17) is 0 Å². The SMILES string of the molecule is OC1CCNCC1CCCOCC(F)(F)F. The van der Waals surface area contributed by atoms with Gasteiger partial charge in [0.05, 0.1) is 6.10 Å². The second-order valence-corrected chi connectivity index (χ2v) is 4.13. The van der Waals surface area contributed by atoms with Crippen LogP contribution in [-0.2, 0) is 4.74 Å². The Kier molecular flexibility index (Phi) is 5.51. The van der Waals surface area contributed by atoms with Gasteiger partial charge in [-0.1, -0.05) is 0 Å². The monoisotopic (exact) mass is 241 g/mol. The van der Waals surface area contributed by atoms with Gasteiger partial charge in [0, 0.05) is 13.2 Å². The molecule has 6 heteroatoms. The van der Waals surface area contributed by atoms with Crippen LogP contribution in [0.1, 0.15) is 19.3 Å². The summed E-state index contributed by atoms with van der Waals surface area (Å²) in [6, 6.07) is 0. The first kappa shape index (κ1) is 13.7. The van der Waals surface area contributed by atoms with E-state index in [9.17, 15) is 18.3 Å². The lowest BCUT2D eigenvalue weighted by Crippen LogP contribution is -2.39. The molecule has 2 unspecified atom stereocenters. The molecule has 1 heterocycles. The number of rotatable bonds is 5. The number of aliphatic hydroxyl groups is 1. The standard InChI is InChI=1S/C10H18F3NO2/c11-10(12,13)7-16-5-1-2-8-6-14-4-3-9(8)15/h8-9,14-15H,1-7H2. The Labute approximate surface area is 93.0 Å². The summed E-state index contributed by atoms with van der Waals surface area (Å²) in [5.41, 5.74) is 0. The molecule has 0 bridgehead atoms. The minimum atomic E-state index is -4.24. The van der Waals surface area contributed by atoms with E-state index in [1.807, 2.05) is 0 Å². The van der Waals surface area contributed by atoms with Crippen LogP contribution in [0.2, 0.25) is 0 Å². The summed E-state index contributed by atoms with van der Waals surface area (Å²) >= 11 is 0. The van der Waals surface area contributed by atoms with Crippen molar-refractivity contribution >= 4 is 0 Å². The summed E-state index contributed by atoms with van der Waals surface area (Å²) in [5, 5.41) is 12.7. The van der Waals surface area contributed by atoms with Gasteiger partial charge >= 0.3 is 6.18 Å². The van der Waals surface area contributed by atoms with Crippen molar-refractivity contribution in [3.05, 3.63) is 0 Å². The lowest BCUT2D eigenvalue weighted by molar-refractivity contribution is -0.174. The average molecular weight is 241 g/mol. The Hall–Kier alpha value is -0.330. The van der Waals surface area contributed by atoms with E-state index in [0.29, 0.717) is 19.3 Å². The molecule has 1 saturated heterocycles. The summed E-state index contributed by atoms with van der Waals surface area (Å²) in [4.78, 5) is 0. The Bertz CT molecular complexity index is 199. The molecule has 2 N–H and O–H groups in total. The van der Waals surface area contributed by atoms with Gasteiger partial charge in [-0.25, -0.2) is 0 Å². The van der Waals surface area contributed by atoms with Gasteiger partial charge in [0.15, 0.2) is 0 Å². The fourth-order valence-electron chi connectivity index (χ4n) is 1.84. The molecule has 96 valence electrons. The molecule has 0 saturated carbocycles. The van der Waals surface area contributed by atoms with Crippen molar-refractivity contribution < 1.29 is 23.0 Å². The highest BCUT2D eigenvalue weighted by molar-refractivity contribution is 4.76. The number of nitrogens with one attached hydrogen (secondary N) is 1. The van der Waals surface area contributed by atoms with Crippen LogP contribution in [0.25, 0.3) is 0 Å². The van der Waals surface area contributed by atoms with E-state index in [0.717, 1.165) is 13.1 Å². The van der Waals surface area contributed by atoms with Gasteiger partial charge in [-0.15, -0.1) is 0 Å². The predicted molar refractivity (Wildman–Crippen MR) is 53.1 cm³/mol. The van der Waals surface area contributed by atoms with E-state index in [1.54, 1.807) is 0 Å². The van der Waals surface area contributed by atoms with E-state index < -0.39 is 12.8 Å². The largest absolute Gasteiger partial charge is 0.411 e. The van der Waals surface area contributed by atoms with Gasteiger partial charge in [0.25, 0.3) is 0 Å². The van der Waals surface area contributed by atoms with Crippen molar-refractivity contribution in [1.29, 1.82) is 0 Å². The predicted octanol–water partition coefficient (Wildman–Crippen LogP) is 1.32. The zero-order chi connectivity index (χ0) is 12.0. The first-order valence-electron chi connectivity index (χ1n) is 5.52. The van der Waals surface area contributed by atoms with Crippen LogP contribution in [0.5, 0.6) is 0 Å². The number of piperidine rings is 1. The van der Waals surface area contributed by atoms with E-state index in [2.05, 4.69) is 10.1 Å². The van der Waals surface area contributed by atoms with Crippen molar-refractivity contribution in [2.45, 2.75) is 31.5 Å². The summed E-state index contributed by atoms with van der Waals surface area (Å²) in [6.07, 6.45) is -2.60. The molecule has 0 aliphatic carbocycles. The first-order chi connectivity index (χ1) is 7.49. The fourth-order valence-corrected chi connectivity index (χ4v) is 1.84. The van der Waals surface area contributed by atoms with Crippen LogP contribution in [0.3, 0.4) is 0 Å². The molecule has 0 aromatic carbocycles. The lowest BCUT2D eigenvalue weighted by Gasteiger charge is -2.28. The third-order valence-corrected chi connectivity index (χ3v) is 2.70. The van der Waals surface area contributed by atoms with Crippen LogP contribution in [0, 0.1) is 5.92 Å². The van der Waals surface area contributed by atoms with Crippen LogP contribution in [0.4, 0.5) is 13.2 Å². The van der Waals surface area contributed by atoms with E-state index >= 15 is 0 Å². The van der Waals surface area contributed by atoms with E-state index in [-0.39, 0.29) is 18.6 Å². The smallest absolute Gasteiger partial charge is 0.393 e. The molecule has 1 aliphatic rings. The highest BCUT2D eigenvalue weighted by Gasteiger charge is 2.27. The van der Waals surface area contributed by atoms with E-state index in [1.165, 1.54) is 0 Å². The lowest BCUT2D eigenvalue weighted by atomic mass is 9.92. The van der Waals surface area contributed by atoms with Crippen LogP contribution >= 0.6 is 0 Å². The quantitative estimate of drug-likeness (QED) is 0.713. The molecule has 1 aliphatic heterocycles. The molecule has 16 heavy (non-hydrogen) atoms. The third kappa shape index (κ3) is 5.67. The number of aliphatic hydroxyl groups excluding tert-OH is 1. The minimum absolute atomic E-state index is 0.0999. The van der Waals surface area contributed by atoms with Crippen LogP contribution < -0.4 is 5.32 Å². The molecular formula is C10H18F3NO2. The number of alkyl halides is 3. The Morgan fingerprint density at radius 2 is 2.12 bits per heavy atom. The van der Waals surface area contributed by atoms with Crippen molar-refractivity contribution in [1.82, 2.24) is 5.32 Å². The highest BCUT2D eigenvalue weighted by Crippen LogP contribution is 2.18. The topological polar surface area (TPSA) is 41.5 Å². The van der Waals surface area contributed by atoms with Gasteiger partial charge in [-0.05, 0) is 31.7 Å². The number of halogens is 3. The summed E-state index contributed by atoms with van der Waals surface area (Å²) < 4.78 is 39.7. The van der Waals surface area contributed by atoms with Crippen molar-refractivity contribution in [2.75, 3.05) is 26.3 Å². The summed E-state index contributed by atoms with van der Waals surface area (Å²) in [6.45, 7) is 0.462. The number of hydrogen-bond donors (Lipinski definition) is 2. The van der Waals surface area contributed by atoms with Gasteiger partial charge in [-0.2, -0.15) is 13.2 Å². The minimum Gasteiger partial charge on any atom is -0.393 e. The zero-order valence-corrected chi connectivity index (χ0v) is 9.09. The van der Waals surface area contributed by atoms with Crippen LogP contribution in [0.15, 0.2) is 0 Å². The third-order valence-electron chi connectivity index (χ3n) is 2.70. The van der Waals surface area contributed by atoms with Gasteiger partial charge < -0.3 is 15.2 Å². The maximum atomic E-state index is 11.7. The molecule has 0 radical (unpaired) electrons. The molecule has 1 fully saturated rings. The Morgan fingerprint density at radius 3 is 2.75 bits per heavy atom. The molecule has 3 nitrogen and oxygen atoms in total. The molecule has 0 aromatic rings. The number of ether oxygens (including phenoxy) is 1. The van der Waals surface area contributed by atoms with Gasteiger partial charge in [0.1, 0.15) is 6.61 Å². The average Bonchev–Trinajstić information content (AvgIpc) is 2.18. The zero-order valence-electron chi connectivity index (χ0n) is 9.09. The molecule has 0 spiro atoms. The highest BCUT2D eigenvalue weighted by atomic mass is 19.4. The Morgan fingerprint density at radius 1 is 1.38 bits per heavy atom. The molecule has 2 atom stereocenters. The molecule has 1 rings (SSSR count). The first-order valence-corrected chi connectivity index (χ1v) is 5.52.